The molecule has 6 heteroatoms. The number of rotatable bonds is 6. The third-order valence-corrected chi connectivity index (χ3v) is 4.97. The lowest BCUT2D eigenvalue weighted by Gasteiger charge is -2.14. The van der Waals surface area contributed by atoms with Gasteiger partial charge in [-0.15, -0.1) is 11.3 Å². The number of carbonyl (C=O) groups excluding carboxylic acids is 2. The molecule has 0 fully saturated rings. The first-order valence-electron chi connectivity index (χ1n) is 7.72. The molecule has 1 N–H and O–H groups in total. The minimum atomic E-state index is -0.464. The molecule has 0 bridgehead atoms. The highest BCUT2D eigenvalue weighted by atomic mass is 35.5. The monoisotopic (exact) mass is 365 g/mol. The normalized spacial score (nSPS) is 11.8. The van der Waals surface area contributed by atoms with E-state index < -0.39 is 5.97 Å². The van der Waals surface area contributed by atoms with Gasteiger partial charge in [0.2, 0.25) is 0 Å². The standard InChI is InChI=1S/C18H20ClNO3S/c1-4-13-9-16(24-12(13)3)18(22)23-10-17(21)20-11(2)14-6-5-7-15(19)8-14/h5-9,11H,4,10H2,1-3H3,(H,20,21)/t11-/m0/s1. The molecule has 2 rings (SSSR count). The molecule has 1 amide bonds. The summed E-state index contributed by atoms with van der Waals surface area (Å²) in [5.41, 5.74) is 2.02. The molecule has 1 aromatic heterocycles. The first-order valence-corrected chi connectivity index (χ1v) is 8.91. The van der Waals surface area contributed by atoms with Crippen molar-refractivity contribution in [1.82, 2.24) is 5.32 Å². The van der Waals surface area contributed by atoms with Crippen LogP contribution in [0.1, 0.15) is 45.6 Å². The Morgan fingerprint density at radius 1 is 1.33 bits per heavy atom. The van der Waals surface area contributed by atoms with Gasteiger partial charge in [0.25, 0.3) is 5.91 Å². The van der Waals surface area contributed by atoms with E-state index in [1.165, 1.54) is 11.3 Å². The van der Waals surface area contributed by atoms with Gasteiger partial charge in [0.1, 0.15) is 4.88 Å². The highest BCUT2D eigenvalue weighted by Gasteiger charge is 2.16. The van der Waals surface area contributed by atoms with Gasteiger partial charge in [-0.3, -0.25) is 4.79 Å². The SMILES string of the molecule is CCc1cc(C(=O)OCC(=O)N[C@@H](C)c2cccc(Cl)c2)sc1C. The average molecular weight is 366 g/mol. The van der Waals surface area contributed by atoms with Crippen LogP contribution in [0.3, 0.4) is 0 Å². The molecule has 0 unspecified atom stereocenters. The zero-order chi connectivity index (χ0) is 17.7. The van der Waals surface area contributed by atoms with Crippen molar-refractivity contribution >= 4 is 34.8 Å². The Morgan fingerprint density at radius 2 is 2.08 bits per heavy atom. The summed E-state index contributed by atoms with van der Waals surface area (Å²) in [5.74, 6) is -0.812. The largest absolute Gasteiger partial charge is 0.451 e. The Morgan fingerprint density at radius 3 is 2.71 bits per heavy atom. The van der Waals surface area contributed by atoms with Gasteiger partial charge in [-0.25, -0.2) is 4.79 Å². The molecule has 1 heterocycles. The van der Waals surface area contributed by atoms with Crippen molar-refractivity contribution in [3.05, 3.63) is 56.2 Å². The predicted molar refractivity (Wildman–Crippen MR) is 96.7 cm³/mol. The first-order chi connectivity index (χ1) is 11.4. The van der Waals surface area contributed by atoms with Gasteiger partial charge in [0, 0.05) is 9.90 Å². The smallest absolute Gasteiger partial charge is 0.348 e. The minimum Gasteiger partial charge on any atom is -0.451 e. The maximum absolute atomic E-state index is 12.0. The van der Waals surface area contributed by atoms with Crippen molar-refractivity contribution in [1.29, 1.82) is 0 Å². The molecule has 0 aliphatic heterocycles. The summed E-state index contributed by atoms with van der Waals surface area (Å²) >= 11 is 7.33. The van der Waals surface area contributed by atoms with E-state index >= 15 is 0 Å². The number of halogens is 1. The van der Waals surface area contributed by atoms with Crippen LogP contribution in [-0.4, -0.2) is 18.5 Å². The fourth-order valence-corrected chi connectivity index (χ4v) is 3.52. The van der Waals surface area contributed by atoms with E-state index in [0.29, 0.717) is 9.90 Å². The maximum Gasteiger partial charge on any atom is 0.348 e. The Hall–Kier alpha value is -1.85. The number of nitrogens with one attached hydrogen (secondary N) is 1. The highest BCUT2D eigenvalue weighted by molar-refractivity contribution is 7.14. The molecule has 0 saturated heterocycles. The Labute approximate surface area is 150 Å². The second-order valence-corrected chi connectivity index (χ2v) is 7.16. The second-order valence-electron chi connectivity index (χ2n) is 5.47. The summed E-state index contributed by atoms with van der Waals surface area (Å²) in [6.45, 7) is 5.55. The number of ether oxygens (including phenoxy) is 1. The van der Waals surface area contributed by atoms with Crippen molar-refractivity contribution < 1.29 is 14.3 Å². The van der Waals surface area contributed by atoms with Gasteiger partial charge < -0.3 is 10.1 Å². The van der Waals surface area contributed by atoms with Crippen molar-refractivity contribution in [2.24, 2.45) is 0 Å². The van der Waals surface area contributed by atoms with Crippen molar-refractivity contribution in [3.8, 4) is 0 Å². The van der Waals surface area contributed by atoms with Crippen LogP contribution in [-0.2, 0) is 16.0 Å². The van der Waals surface area contributed by atoms with Crippen molar-refractivity contribution in [2.75, 3.05) is 6.61 Å². The first kappa shape index (κ1) is 18.5. The number of benzene rings is 1. The Balaban J connectivity index is 1.87. The number of amides is 1. The van der Waals surface area contributed by atoms with Gasteiger partial charge >= 0.3 is 5.97 Å². The summed E-state index contributed by atoms with van der Waals surface area (Å²) < 4.78 is 5.10. The van der Waals surface area contributed by atoms with Crippen molar-refractivity contribution in [2.45, 2.75) is 33.2 Å². The van der Waals surface area contributed by atoms with E-state index in [1.54, 1.807) is 12.1 Å². The lowest BCUT2D eigenvalue weighted by Crippen LogP contribution is -2.31. The molecule has 0 aliphatic rings. The summed E-state index contributed by atoms with van der Waals surface area (Å²) in [6.07, 6.45) is 0.868. The van der Waals surface area contributed by atoms with Crippen LogP contribution in [0.4, 0.5) is 0 Å². The van der Waals surface area contributed by atoms with Crippen LogP contribution in [0, 0.1) is 6.92 Å². The molecular formula is C18H20ClNO3S. The van der Waals surface area contributed by atoms with E-state index in [9.17, 15) is 9.59 Å². The quantitative estimate of drug-likeness (QED) is 0.776. The lowest BCUT2D eigenvalue weighted by molar-refractivity contribution is -0.124. The van der Waals surface area contributed by atoms with Gasteiger partial charge in [0.15, 0.2) is 6.61 Å². The summed E-state index contributed by atoms with van der Waals surface area (Å²) in [7, 11) is 0. The van der Waals surface area contributed by atoms with Gasteiger partial charge in [-0.2, -0.15) is 0 Å². The fraction of sp³-hybridized carbons (Fsp3) is 0.333. The molecule has 2 aromatic rings. The molecular weight excluding hydrogens is 346 g/mol. The van der Waals surface area contributed by atoms with Crippen LogP contribution in [0.5, 0.6) is 0 Å². The van der Waals surface area contributed by atoms with Gasteiger partial charge in [-0.1, -0.05) is 30.7 Å². The predicted octanol–water partition coefficient (Wildman–Crippen LogP) is 4.31. The zero-order valence-electron chi connectivity index (χ0n) is 13.9. The molecule has 0 spiro atoms. The molecule has 1 aromatic carbocycles. The summed E-state index contributed by atoms with van der Waals surface area (Å²) in [4.78, 5) is 25.6. The van der Waals surface area contributed by atoms with E-state index in [4.69, 9.17) is 16.3 Å². The van der Waals surface area contributed by atoms with E-state index in [2.05, 4.69) is 5.32 Å². The number of aryl methyl sites for hydroxylation is 2. The topological polar surface area (TPSA) is 55.4 Å². The van der Waals surface area contributed by atoms with Gasteiger partial charge in [-0.05, 0) is 49.6 Å². The number of esters is 1. The molecule has 1 atom stereocenters. The summed E-state index contributed by atoms with van der Waals surface area (Å²) in [6, 6.07) is 8.88. The van der Waals surface area contributed by atoms with E-state index in [1.807, 2.05) is 39.0 Å². The zero-order valence-corrected chi connectivity index (χ0v) is 15.5. The third-order valence-electron chi connectivity index (χ3n) is 3.66. The highest BCUT2D eigenvalue weighted by Crippen LogP contribution is 2.22. The van der Waals surface area contributed by atoms with Crippen molar-refractivity contribution in [3.63, 3.8) is 0 Å². The molecule has 128 valence electrons. The number of hydrogen-bond donors (Lipinski definition) is 1. The van der Waals surface area contributed by atoms with Gasteiger partial charge in [0.05, 0.1) is 6.04 Å². The number of hydrogen-bond acceptors (Lipinski definition) is 4. The van der Waals surface area contributed by atoms with E-state index in [0.717, 1.165) is 22.4 Å². The Kier molecular flexibility index (Phi) is 6.40. The summed E-state index contributed by atoms with van der Waals surface area (Å²) in [5, 5.41) is 3.40. The van der Waals surface area contributed by atoms with Crippen LogP contribution in [0.25, 0.3) is 0 Å². The maximum atomic E-state index is 12.0. The third kappa shape index (κ3) is 4.82. The molecule has 4 nitrogen and oxygen atoms in total. The lowest BCUT2D eigenvalue weighted by atomic mass is 10.1. The average Bonchev–Trinajstić information content (AvgIpc) is 2.93. The molecule has 0 aliphatic carbocycles. The molecule has 0 saturated carbocycles. The van der Waals surface area contributed by atoms with Crippen LogP contribution < -0.4 is 5.32 Å². The minimum absolute atomic E-state index is 0.217. The van der Waals surface area contributed by atoms with Crippen LogP contribution in [0.2, 0.25) is 5.02 Å². The molecule has 0 radical (unpaired) electrons. The second kappa shape index (κ2) is 8.31. The van der Waals surface area contributed by atoms with E-state index in [-0.39, 0.29) is 18.6 Å². The Bertz CT molecular complexity index is 742. The van der Waals surface area contributed by atoms with Crippen LogP contribution in [0.15, 0.2) is 30.3 Å². The number of carbonyl (C=O) groups is 2. The van der Waals surface area contributed by atoms with Crippen LogP contribution >= 0.6 is 22.9 Å². The number of thiophene rings is 1. The fourth-order valence-electron chi connectivity index (χ4n) is 2.32. The molecule has 24 heavy (non-hydrogen) atoms.